The van der Waals surface area contributed by atoms with E-state index in [1.807, 2.05) is 30.3 Å². The molecule has 0 unspecified atom stereocenters. The van der Waals surface area contributed by atoms with E-state index >= 15 is 0 Å². The van der Waals surface area contributed by atoms with E-state index in [0.29, 0.717) is 23.5 Å². The highest BCUT2D eigenvalue weighted by Gasteiger charge is 2.21. The molecule has 0 N–H and O–H groups in total. The van der Waals surface area contributed by atoms with Crippen molar-refractivity contribution in [3.63, 3.8) is 0 Å². The molecule has 0 heterocycles. The van der Waals surface area contributed by atoms with Crippen LogP contribution in [0.5, 0.6) is 11.5 Å². The molecule has 0 amide bonds. The van der Waals surface area contributed by atoms with Gasteiger partial charge in [-0.3, -0.25) is 0 Å². The number of nitrogens with zero attached hydrogens (tertiary/aromatic N) is 1. The molecule has 1 aliphatic rings. The van der Waals surface area contributed by atoms with E-state index in [2.05, 4.69) is 19.6 Å². The van der Waals surface area contributed by atoms with Gasteiger partial charge in [0, 0.05) is 0 Å². The van der Waals surface area contributed by atoms with Crippen LogP contribution in [0.3, 0.4) is 0 Å². The molecule has 0 aromatic heterocycles. The molecule has 0 spiro atoms. The molecule has 0 radical (unpaired) electrons. The second-order valence-corrected chi connectivity index (χ2v) is 12.5. The summed E-state index contributed by atoms with van der Waals surface area (Å²) >= 11 is 0. The number of allylic oxidation sites excluding steroid dienone is 1. The van der Waals surface area contributed by atoms with Gasteiger partial charge in [0.2, 0.25) is 0 Å². The normalized spacial score (nSPS) is 16.4. The lowest BCUT2D eigenvalue weighted by Crippen LogP contribution is -2.15. The molecule has 2 aromatic carbocycles. The Labute approximate surface area is 261 Å². The maximum Gasteiger partial charge on any atom is 0.343 e. The van der Waals surface area contributed by atoms with Crippen LogP contribution in [0.2, 0.25) is 0 Å². The average molecular weight is 586 g/mol. The first-order valence-corrected chi connectivity index (χ1v) is 17.2. The Morgan fingerprint density at radius 2 is 1.51 bits per heavy atom. The van der Waals surface area contributed by atoms with Crippen molar-refractivity contribution in [1.29, 1.82) is 5.26 Å². The molecule has 3 rings (SSSR count). The summed E-state index contributed by atoms with van der Waals surface area (Å²) < 4.78 is 11.5. The topological polar surface area (TPSA) is 59.3 Å². The SMILES string of the molecule is C=CCCCCCCCCCCOc1ccc(C(=O)Oc2ccc(CC[C@H]3CC[C@H](CCCCC)CC3)cc2C#N)cc1. The number of ether oxygens (including phenoxy) is 2. The summed E-state index contributed by atoms with van der Waals surface area (Å²) in [7, 11) is 0. The first-order valence-electron chi connectivity index (χ1n) is 17.2. The lowest BCUT2D eigenvalue weighted by Gasteiger charge is -2.28. The van der Waals surface area contributed by atoms with Crippen LogP contribution in [-0.2, 0) is 6.42 Å². The Morgan fingerprint density at radius 1 is 0.860 bits per heavy atom. The van der Waals surface area contributed by atoms with E-state index in [1.54, 1.807) is 18.2 Å². The fourth-order valence-corrected chi connectivity index (χ4v) is 6.26. The zero-order valence-electron chi connectivity index (χ0n) is 26.8. The molecule has 1 fully saturated rings. The Hall–Kier alpha value is -3.06. The zero-order valence-corrected chi connectivity index (χ0v) is 26.8. The highest BCUT2D eigenvalue weighted by molar-refractivity contribution is 5.91. The third-order valence-electron chi connectivity index (χ3n) is 9.05. The van der Waals surface area contributed by atoms with E-state index in [4.69, 9.17) is 9.47 Å². The smallest absolute Gasteiger partial charge is 0.343 e. The second kappa shape index (κ2) is 20.8. The van der Waals surface area contributed by atoms with Gasteiger partial charge in [0.15, 0.2) is 0 Å². The van der Waals surface area contributed by atoms with Crippen LogP contribution in [0, 0.1) is 23.2 Å². The number of nitriles is 1. The zero-order chi connectivity index (χ0) is 30.5. The van der Waals surface area contributed by atoms with E-state index in [-0.39, 0.29) is 0 Å². The summed E-state index contributed by atoms with van der Waals surface area (Å²) in [5.74, 6) is 2.32. The first-order chi connectivity index (χ1) is 21.1. The molecular formula is C39H55NO3. The number of carbonyl (C=O) groups excluding carboxylic acids is 1. The minimum Gasteiger partial charge on any atom is -0.494 e. The summed E-state index contributed by atoms with van der Waals surface area (Å²) in [6.07, 6.45) is 26.1. The number of aryl methyl sites for hydroxylation is 1. The maximum absolute atomic E-state index is 12.8. The Bertz CT molecular complexity index is 1110. The van der Waals surface area contributed by atoms with E-state index < -0.39 is 5.97 Å². The van der Waals surface area contributed by atoms with Gasteiger partial charge >= 0.3 is 5.97 Å². The van der Waals surface area contributed by atoms with Crippen LogP contribution in [0.1, 0.15) is 144 Å². The van der Waals surface area contributed by atoms with Crippen molar-refractivity contribution in [2.75, 3.05) is 6.61 Å². The Morgan fingerprint density at radius 3 is 2.16 bits per heavy atom. The van der Waals surface area contributed by atoms with E-state index in [9.17, 15) is 10.1 Å². The van der Waals surface area contributed by atoms with Gasteiger partial charge in [0.05, 0.1) is 17.7 Å². The summed E-state index contributed by atoms with van der Waals surface area (Å²) in [6, 6.07) is 15.0. The van der Waals surface area contributed by atoms with Crippen LogP contribution in [-0.4, -0.2) is 12.6 Å². The summed E-state index contributed by atoms with van der Waals surface area (Å²) in [4.78, 5) is 12.8. The molecule has 4 heteroatoms. The van der Waals surface area contributed by atoms with Crippen molar-refractivity contribution >= 4 is 5.97 Å². The quantitative estimate of drug-likeness (QED) is 0.0633. The third-order valence-corrected chi connectivity index (χ3v) is 9.05. The van der Waals surface area contributed by atoms with E-state index in [1.165, 1.54) is 96.3 Å². The molecule has 1 aliphatic carbocycles. The molecule has 1 saturated carbocycles. The van der Waals surface area contributed by atoms with Crippen LogP contribution in [0.15, 0.2) is 55.1 Å². The highest BCUT2D eigenvalue weighted by Crippen LogP contribution is 2.34. The minimum absolute atomic E-state index is 0.320. The first kappa shape index (κ1) is 34.4. The lowest BCUT2D eigenvalue weighted by atomic mass is 9.78. The van der Waals surface area contributed by atoms with Gasteiger partial charge in [0.1, 0.15) is 17.6 Å². The molecule has 0 bridgehead atoms. The van der Waals surface area contributed by atoms with Crippen LogP contribution in [0.25, 0.3) is 0 Å². The predicted octanol–water partition coefficient (Wildman–Crippen LogP) is 11.2. The fourth-order valence-electron chi connectivity index (χ4n) is 6.26. The molecule has 4 nitrogen and oxygen atoms in total. The van der Waals surface area contributed by atoms with Gasteiger partial charge in [-0.25, -0.2) is 4.79 Å². The number of hydrogen-bond donors (Lipinski definition) is 0. The molecule has 43 heavy (non-hydrogen) atoms. The third kappa shape index (κ3) is 13.4. The summed E-state index contributed by atoms with van der Waals surface area (Å²) in [5.41, 5.74) is 2.00. The monoisotopic (exact) mass is 585 g/mol. The molecule has 2 aromatic rings. The van der Waals surface area contributed by atoms with Gasteiger partial charge in [-0.05, 0) is 85.9 Å². The van der Waals surface area contributed by atoms with Gasteiger partial charge in [0.25, 0.3) is 0 Å². The van der Waals surface area contributed by atoms with Crippen LogP contribution >= 0.6 is 0 Å². The van der Waals surface area contributed by atoms with Crippen LogP contribution in [0.4, 0.5) is 0 Å². The number of unbranched alkanes of at least 4 members (excludes halogenated alkanes) is 10. The fraction of sp³-hybridized carbons (Fsp3) is 0.590. The van der Waals surface area contributed by atoms with Crippen molar-refractivity contribution < 1.29 is 14.3 Å². The van der Waals surface area contributed by atoms with Crippen molar-refractivity contribution in [1.82, 2.24) is 0 Å². The predicted molar refractivity (Wildman–Crippen MR) is 178 cm³/mol. The largest absolute Gasteiger partial charge is 0.494 e. The number of benzene rings is 2. The standard InChI is InChI=1S/C39H55NO3/c1-3-5-7-8-9-10-11-12-13-15-29-42-37-26-24-35(25-27-37)39(41)43-38-28-23-34(30-36(38)31-40)22-21-33-19-17-32(18-20-33)16-14-6-4-2/h3,23-28,30,32-33H,1,4-22,29H2,2H3/t32-,33-. The van der Waals surface area contributed by atoms with Gasteiger partial charge in [-0.15, -0.1) is 6.58 Å². The Kier molecular flexibility index (Phi) is 16.6. The molecule has 234 valence electrons. The average Bonchev–Trinajstić information content (AvgIpc) is 3.04. The number of hydrogen-bond acceptors (Lipinski definition) is 4. The molecule has 0 saturated heterocycles. The minimum atomic E-state index is -0.462. The number of rotatable bonds is 21. The van der Waals surface area contributed by atoms with Gasteiger partial charge in [-0.2, -0.15) is 5.26 Å². The van der Waals surface area contributed by atoms with Crippen molar-refractivity contribution in [3.8, 4) is 17.6 Å². The van der Waals surface area contributed by atoms with Gasteiger partial charge < -0.3 is 9.47 Å². The Balaban J connectivity index is 1.34. The maximum atomic E-state index is 12.8. The highest BCUT2D eigenvalue weighted by atomic mass is 16.5. The van der Waals surface area contributed by atoms with Crippen LogP contribution < -0.4 is 9.47 Å². The molecular weight excluding hydrogens is 530 g/mol. The van der Waals surface area contributed by atoms with Gasteiger partial charge in [-0.1, -0.05) is 109 Å². The van der Waals surface area contributed by atoms with E-state index in [0.717, 1.165) is 48.8 Å². The van der Waals surface area contributed by atoms with Crippen molar-refractivity contribution in [2.45, 2.75) is 129 Å². The van der Waals surface area contributed by atoms with Crippen molar-refractivity contribution in [3.05, 3.63) is 71.8 Å². The summed E-state index contributed by atoms with van der Waals surface area (Å²) in [5, 5.41) is 9.74. The molecule has 0 aliphatic heterocycles. The second-order valence-electron chi connectivity index (χ2n) is 12.5. The molecule has 0 atom stereocenters. The number of esters is 1. The number of carbonyl (C=O) groups is 1. The summed E-state index contributed by atoms with van der Waals surface area (Å²) in [6.45, 7) is 6.73. The lowest BCUT2D eigenvalue weighted by molar-refractivity contribution is 0.0734. The van der Waals surface area contributed by atoms with Crippen molar-refractivity contribution in [2.24, 2.45) is 11.8 Å².